The van der Waals surface area contributed by atoms with Crippen molar-refractivity contribution in [2.24, 2.45) is 0 Å². The first-order chi connectivity index (χ1) is 4.46. The van der Waals surface area contributed by atoms with E-state index in [-0.39, 0.29) is 10.1 Å². The van der Waals surface area contributed by atoms with Crippen molar-refractivity contribution in [1.29, 1.82) is 0 Å². The van der Waals surface area contributed by atoms with Crippen LogP contribution < -0.4 is 0 Å². The summed E-state index contributed by atoms with van der Waals surface area (Å²) < 4.78 is -0.319. The van der Waals surface area contributed by atoms with Crippen molar-refractivity contribution in [2.45, 2.75) is 6.92 Å². The zero-order valence-corrected chi connectivity index (χ0v) is 6.67. The molecule has 0 aliphatic carbocycles. The molecule has 5 heteroatoms. The Labute approximate surface area is 65.3 Å². The largest absolute Gasteiger partial charge is 0.478 e. The zero-order valence-electron chi connectivity index (χ0n) is 5.09. The average molecular weight is 209 g/mol. The molecule has 2 N–H and O–H groups in total. The first-order valence-corrected chi connectivity index (χ1v) is 3.09. The molecule has 10 heavy (non-hydrogen) atoms. The molecule has 0 rings (SSSR count). The van der Waals surface area contributed by atoms with Crippen molar-refractivity contribution in [3.8, 4) is 0 Å². The van der Waals surface area contributed by atoms with E-state index in [1.165, 1.54) is 6.92 Å². The minimum Gasteiger partial charge on any atom is -0.478 e. The summed E-state index contributed by atoms with van der Waals surface area (Å²) >= 11 is 2.61. The second kappa shape index (κ2) is 3.36. The molecule has 0 bridgehead atoms. The molecular weight excluding hydrogens is 204 g/mol. The predicted molar refractivity (Wildman–Crippen MR) is 36.9 cm³/mol. The van der Waals surface area contributed by atoms with Crippen LogP contribution in [0.1, 0.15) is 6.92 Å². The van der Waals surface area contributed by atoms with E-state index in [1.54, 1.807) is 0 Å². The third-order valence-electron chi connectivity index (χ3n) is 0.838. The number of carbonyl (C=O) groups is 2. The maximum absolute atomic E-state index is 10.1. The van der Waals surface area contributed by atoms with Crippen LogP contribution in [0.4, 0.5) is 0 Å². The van der Waals surface area contributed by atoms with Crippen LogP contribution in [-0.4, -0.2) is 22.2 Å². The van der Waals surface area contributed by atoms with Gasteiger partial charge in [0.2, 0.25) is 0 Å². The fourth-order valence-corrected chi connectivity index (χ4v) is 0.424. The highest BCUT2D eigenvalue weighted by Gasteiger charge is 2.11. The summed E-state index contributed by atoms with van der Waals surface area (Å²) in [6.45, 7) is 1.21. The van der Waals surface area contributed by atoms with E-state index in [2.05, 4.69) is 15.9 Å². The third kappa shape index (κ3) is 2.18. The van der Waals surface area contributed by atoms with Gasteiger partial charge in [0.15, 0.2) is 0 Å². The first-order valence-electron chi connectivity index (χ1n) is 2.29. The topological polar surface area (TPSA) is 74.6 Å². The van der Waals surface area contributed by atoms with Gasteiger partial charge in [-0.05, 0) is 22.9 Å². The number of halogens is 1. The molecule has 0 aliphatic rings. The van der Waals surface area contributed by atoms with Gasteiger partial charge in [-0.25, -0.2) is 9.59 Å². The normalized spacial score (nSPS) is 12.2. The fourth-order valence-electron chi connectivity index (χ4n) is 0.254. The summed E-state index contributed by atoms with van der Waals surface area (Å²) in [6.07, 6.45) is 0. The molecular formula is C5H5BrO4. The van der Waals surface area contributed by atoms with Crippen molar-refractivity contribution in [3.05, 3.63) is 10.1 Å². The Morgan fingerprint density at radius 3 is 1.70 bits per heavy atom. The standard InChI is InChI=1S/C5H5BrO4/c1-2(4(7)8)3(6)5(9)10/h1H3,(H,7,8)(H,9,10). The SMILES string of the molecule is CC(C(=O)O)=C(Br)C(=O)O. The van der Waals surface area contributed by atoms with Crippen LogP contribution in [0.5, 0.6) is 0 Å². The van der Waals surface area contributed by atoms with Gasteiger partial charge >= 0.3 is 11.9 Å². The van der Waals surface area contributed by atoms with Crippen molar-refractivity contribution < 1.29 is 19.8 Å². The molecule has 0 aliphatic heterocycles. The fraction of sp³-hybridized carbons (Fsp3) is 0.200. The van der Waals surface area contributed by atoms with Gasteiger partial charge in [-0.1, -0.05) is 0 Å². The second-order valence-electron chi connectivity index (χ2n) is 1.55. The Bertz CT molecular complexity index is 184. The number of carboxylic acid groups (broad SMARTS) is 2. The van der Waals surface area contributed by atoms with E-state index in [0.29, 0.717) is 0 Å². The van der Waals surface area contributed by atoms with Gasteiger partial charge in [-0.3, -0.25) is 0 Å². The van der Waals surface area contributed by atoms with Gasteiger partial charge < -0.3 is 10.2 Å². The van der Waals surface area contributed by atoms with Gasteiger partial charge in [0, 0.05) is 0 Å². The predicted octanol–water partition coefficient (Wildman–Crippen LogP) is 0.825. The average Bonchev–Trinajstić information content (AvgIpc) is 1.84. The highest BCUT2D eigenvalue weighted by molar-refractivity contribution is 9.12. The number of hydrogen-bond donors (Lipinski definition) is 2. The molecule has 0 heterocycles. The minimum atomic E-state index is -1.28. The smallest absolute Gasteiger partial charge is 0.343 e. The number of hydrogen-bond acceptors (Lipinski definition) is 2. The van der Waals surface area contributed by atoms with Crippen LogP contribution in [0.3, 0.4) is 0 Å². The van der Waals surface area contributed by atoms with Gasteiger partial charge in [-0.15, -0.1) is 0 Å². The summed E-state index contributed by atoms with van der Waals surface area (Å²) in [6, 6.07) is 0. The lowest BCUT2D eigenvalue weighted by Crippen LogP contribution is -2.04. The van der Waals surface area contributed by atoms with Crippen LogP contribution >= 0.6 is 15.9 Å². The van der Waals surface area contributed by atoms with E-state index >= 15 is 0 Å². The zero-order chi connectivity index (χ0) is 8.31. The highest BCUT2D eigenvalue weighted by atomic mass is 79.9. The Morgan fingerprint density at radius 1 is 1.20 bits per heavy atom. The summed E-state index contributed by atoms with van der Waals surface area (Å²) in [5.74, 6) is -2.52. The maximum Gasteiger partial charge on any atom is 0.343 e. The second-order valence-corrected chi connectivity index (χ2v) is 2.34. The molecule has 0 unspecified atom stereocenters. The van der Waals surface area contributed by atoms with Crippen LogP contribution in [-0.2, 0) is 9.59 Å². The highest BCUT2D eigenvalue weighted by Crippen LogP contribution is 2.11. The van der Waals surface area contributed by atoms with Crippen molar-refractivity contribution in [2.75, 3.05) is 0 Å². The molecule has 0 radical (unpaired) electrons. The van der Waals surface area contributed by atoms with Gasteiger partial charge in [0.1, 0.15) is 4.48 Å². The molecule has 0 aromatic heterocycles. The van der Waals surface area contributed by atoms with Gasteiger partial charge in [-0.2, -0.15) is 0 Å². The molecule has 0 atom stereocenters. The molecule has 56 valence electrons. The summed E-state index contributed by atoms with van der Waals surface area (Å²) in [4.78, 5) is 20.2. The lowest BCUT2D eigenvalue weighted by Gasteiger charge is -1.93. The number of rotatable bonds is 2. The summed E-state index contributed by atoms with van der Waals surface area (Å²) in [5, 5.41) is 16.5. The van der Waals surface area contributed by atoms with E-state index in [0.717, 1.165) is 0 Å². The summed E-state index contributed by atoms with van der Waals surface area (Å²) in [5.41, 5.74) is -0.215. The lowest BCUT2D eigenvalue weighted by molar-refractivity contribution is -0.135. The van der Waals surface area contributed by atoms with Gasteiger partial charge in [0.05, 0.1) is 5.57 Å². The molecule has 0 amide bonds. The monoisotopic (exact) mass is 208 g/mol. The van der Waals surface area contributed by atoms with E-state index in [1.807, 2.05) is 0 Å². The lowest BCUT2D eigenvalue weighted by atomic mass is 10.3. The van der Waals surface area contributed by atoms with Crippen LogP contribution in [0, 0.1) is 0 Å². The maximum atomic E-state index is 10.1. The Kier molecular flexibility index (Phi) is 3.08. The van der Waals surface area contributed by atoms with E-state index in [4.69, 9.17) is 10.2 Å². The van der Waals surface area contributed by atoms with Crippen molar-refractivity contribution >= 4 is 27.9 Å². The summed E-state index contributed by atoms with van der Waals surface area (Å²) in [7, 11) is 0. The number of carboxylic acids is 2. The van der Waals surface area contributed by atoms with Crippen LogP contribution in [0.15, 0.2) is 10.1 Å². The van der Waals surface area contributed by atoms with Gasteiger partial charge in [0.25, 0.3) is 0 Å². The van der Waals surface area contributed by atoms with Crippen LogP contribution in [0.2, 0.25) is 0 Å². The first kappa shape index (κ1) is 9.16. The molecule has 0 fully saturated rings. The third-order valence-corrected chi connectivity index (χ3v) is 1.77. The Morgan fingerprint density at radius 2 is 1.60 bits per heavy atom. The molecule has 4 nitrogen and oxygen atoms in total. The van der Waals surface area contributed by atoms with E-state index in [9.17, 15) is 9.59 Å². The Balaban J connectivity index is 4.67. The molecule has 0 saturated heterocycles. The van der Waals surface area contributed by atoms with Crippen LogP contribution in [0.25, 0.3) is 0 Å². The quantitative estimate of drug-likeness (QED) is 0.660. The molecule has 0 aromatic rings. The van der Waals surface area contributed by atoms with Crippen molar-refractivity contribution in [3.63, 3.8) is 0 Å². The molecule has 0 aromatic carbocycles. The van der Waals surface area contributed by atoms with Crippen molar-refractivity contribution in [1.82, 2.24) is 0 Å². The molecule has 0 spiro atoms. The van der Waals surface area contributed by atoms with E-state index < -0.39 is 11.9 Å². The molecule has 0 saturated carbocycles. The Hall–Kier alpha value is -0.840. The number of aliphatic carboxylic acids is 2. The minimum absolute atomic E-state index is 0.215.